The molecular formula is C13H29NS. The fraction of sp³-hybridized carbons (Fsp3) is 1.00. The Hall–Kier alpha value is 0.310. The molecule has 2 unspecified atom stereocenters. The minimum absolute atomic E-state index is 0.446. The van der Waals surface area contributed by atoms with Crippen LogP contribution in [-0.4, -0.2) is 23.6 Å². The Kier molecular flexibility index (Phi) is 7.72. The van der Waals surface area contributed by atoms with Crippen LogP contribution in [-0.2, 0) is 0 Å². The van der Waals surface area contributed by atoms with Gasteiger partial charge in [0.15, 0.2) is 0 Å². The molecule has 92 valence electrons. The molecule has 0 aliphatic rings. The maximum Gasteiger partial charge on any atom is 0.0276 e. The van der Waals surface area contributed by atoms with E-state index < -0.39 is 0 Å². The van der Waals surface area contributed by atoms with Crippen molar-refractivity contribution in [3.8, 4) is 0 Å². The molecule has 1 nitrogen and oxygen atoms in total. The molecule has 0 bridgehead atoms. The number of hydrogen-bond acceptors (Lipinski definition) is 2. The minimum atomic E-state index is 0.446. The third-order valence-corrected chi connectivity index (χ3v) is 5.55. The Morgan fingerprint density at radius 1 is 1.13 bits per heavy atom. The van der Waals surface area contributed by atoms with Gasteiger partial charge in [-0.25, -0.2) is 0 Å². The second-order valence-electron chi connectivity index (χ2n) is 4.65. The lowest BCUT2D eigenvalue weighted by Gasteiger charge is -2.32. The van der Waals surface area contributed by atoms with Gasteiger partial charge in [-0.1, -0.05) is 34.1 Å². The third-order valence-electron chi connectivity index (χ3n) is 3.97. The summed E-state index contributed by atoms with van der Waals surface area (Å²) in [5.74, 6) is 0.776. The zero-order valence-electron chi connectivity index (χ0n) is 11.4. The molecule has 0 saturated carbocycles. The van der Waals surface area contributed by atoms with Gasteiger partial charge in [0.1, 0.15) is 0 Å². The van der Waals surface area contributed by atoms with Gasteiger partial charge >= 0.3 is 0 Å². The van der Waals surface area contributed by atoms with Crippen molar-refractivity contribution in [2.75, 3.05) is 12.8 Å². The maximum absolute atomic E-state index is 3.71. The second kappa shape index (κ2) is 7.56. The molecule has 0 aliphatic heterocycles. The smallest absolute Gasteiger partial charge is 0.0276 e. The SMILES string of the molecule is CCC(C)C(C)NCC(CC)(CC)SC. The van der Waals surface area contributed by atoms with E-state index >= 15 is 0 Å². The predicted octanol–water partition coefficient (Wildman–Crippen LogP) is 3.93. The van der Waals surface area contributed by atoms with Crippen LogP contribution in [0.5, 0.6) is 0 Å². The molecular weight excluding hydrogens is 202 g/mol. The fourth-order valence-corrected chi connectivity index (χ4v) is 2.57. The van der Waals surface area contributed by atoms with E-state index in [0.29, 0.717) is 10.8 Å². The topological polar surface area (TPSA) is 12.0 Å². The van der Waals surface area contributed by atoms with Crippen LogP contribution in [0.4, 0.5) is 0 Å². The van der Waals surface area contributed by atoms with Crippen molar-refractivity contribution in [3.63, 3.8) is 0 Å². The average molecular weight is 231 g/mol. The van der Waals surface area contributed by atoms with Gasteiger partial charge in [0.05, 0.1) is 0 Å². The highest BCUT2D eigenvalue weighted by atomic mass is 32.2. The summed E-state index contributed by atoms with van der Waals surface area (Å²) >= 11 is 2.02. The van der Waals surface area contributed by atoms with E-state index in [9.17, 15) is 0 Å². The summed E-state index contributed by atoms with van der Waals surface area (Å²) in [4.78, 5) is 0. The van der Waals surface area contributed by atoms with E-state index in [1.807, 2.05) is 11.8 Å². The molecule has 0 aliphatic carbocycles. The highest BCUT2D eigenvalue weighted by Crippen LogP contribution is 2.29. The molecule has 0 aromatic heterocycles. The van der Waals surface area contributed by atoms with Crippen LogP contribution in [0.15, 0.2) is 0 Å². The first kappa shape index (κ1) is 15.3. The molecule has 0 fully saturated rings. The minimum Gasteiger partial charge on any atom is -0.313 e. The molecule has 2 atom stereocenters. The monoisotopic (exact) mass is 231 g/mol. The Morgan fingerprint density at radius 2 is 1.67 bits per heavy atom. The van der Waals surface area contributed by atoms with E-state index in [4.69, 9.17) is 0 Å². The number of thioether (sulfide) groups is 1. The number of nitrogens with one attached hydrogen (secondary N) is 1. The molecule has 0 aromatic rings. The highest BCUT2D eigenvalue weighted by Gasteiger charge is 2.25. The normalized spacial score (nSPS) is 16.4. The van der Waals surface area contributed by atoms with Crippen molar-refractivity contribution in [1.29, 1.82) is 0 Å². The zero-order chi connectivity index (χ0) is 11.9. The van der Waals surface area contributed by atoms with Crippen LogP contribution < -0.4 is 5.32 Å². The van der Waals surface area contributed by atoms with Gasteiger partial charge in [0.2, 0.25) is 0 Å². The fourth-order valence-electron chi connectivity index (χ4n) is 1.76. The average Bonchev–Trinajstić information content (AvgIpc) is 2.30. The Bertz CT molecular complexity index is 146. The zero-order valence-corrected chi connectivity index (χ0v) is 12.2. The second-order valence-corrected chi connectivity index (χ2v) is 5.92. The first-order valence-electron chi connectivity index (χ1n) is 6.33. The lowest BCUT2D eigenvalue weighted by atomic mass is 9.98. The van der Waals surface area contributed by atoms with E-state index in [-0.39, 0.29) is 0 Å². The van der Waals surface area contributed by atoms with Gasteiger partial charge in [-0.05, 0) is 31.9 Å². The van der Waals surface area contributed by atoms with Crippen LogP contribution in [0, 0.1) is 5.92 Å². The summed E-state index contributed by atoms with van der Waals surface area (Å²) in [7, 11) is 0. The Balaban J connectivity index is 4.10. The summed E-state index contributed by atoms with van der Waals surface area (Å²) < 4.78 is 0.446. The Labute approximate surface area is 101 Å². The maximum atomic E-state index is 3.71. The third kappa shape index (κ3) is 4.78. The summed E-state index contributed by atoms with van der Waals surface area (Å²) in [6.45, 7) is 12.7. The molecule has 0 radical (unpaired) electrons. The van der Waals surface area contributed by atoms with E-state index in [2.05, 4.69) is 46.2 Å². The lowest BCUT2D eigenvalue weighted by molar-refractivity contribution is 0.364. The first-order chi connectivity index (χ1) is 7.05. The summed E-state index contributed by atoms with van der Waals surface area (Å²) in [6.07, 6.45) is 6.01. The van der Waals surface area contributed by atoms with Crippen molar-refractivity contribution in [2.45, 2.75) is 64.7 Å². The molecule has 0 spiro atoms. The van der Waals surface area contributed by atoms with Gasteiger partial charge in [-0.2, -0.15) is 11.8 Å². The Morgan fingerprint density at radius 3 is 2.00 bits per heavy atom. The molecule has 0 aromatic carbocycles. The number of hydrogen-bond donors (Lipinski definition) is 1. The van der Waals surface area contributed by atoms with Crippen molar-refractivity contribution in [1.82, 2.24) is 5.32 Å². The number of rotatable bonds is 8. The van der Waals surface area contributed by atoms with Crippen LogP contribution in [0.3, 0.4) is 0 Å². The molecule has 0 rings (SSSR count). The van der Waals surface area contributed by atoms with Crippen molar-refractivity contribution >= 4 is 11.8 Å². The summed E-state index contributed by atoms with van der Waals surface area (Å²) in [5.41, 5.74) is 0. The van der Waals surface area contributed by atoms with Gasteiger partial charge in [-0.3, -0.25) is 0 Å². The van der Waals surface area contributed by atoms with E-state index in [1.54, 1.807) is 0 Å². The summed E-state index contributed by atoms with van der Waals surface area (Å²) in [5, 5.41) is 3.71. The molecule has 0 heterocycles. The van der Waals surface area contributed by atoms with Gasteiger partial charge in [0.25, 0.3) is 0 Å². The quantitative estimate of drug-likeness (QED) is 0.679. The largest absolute Gasteiger partial charge is 0.313 e. The standard InChI is InChI=1S/C13H29NS/c1-7-11(4)12(5)14-10-13(8-2,9-3)15-6/h11-12,14H,7-10H2,1-6H3. The summed E-state index contributed by atoms with van der Waals surface area (Å²) in [6, 6.07) is 0.639. The van der Waals surface area contributed by atoms with Gasteiger partial charge in [-0.15, -0.1) is 0 Å². The van der Waals surface area contributed by atoms with E-state index in [0.717, 1.165) is 12.5 Å². The molecule has 0 saturated heterocycles. The first-order valence-corrected chi connectivity index (χ1v) is 7.56. The van der Waals surface area contributed by atoms with Crippen molar-refractivity contribution < 1.29 is 0 Å². The lowest BCUT2D eigenvalue weighted by Crippen LogP contribution is -2.42. The van der Waals surface area contributed by atoms with Crippen molar-refractivity contribution in [2.24, 2.45) is 5.92 Å². The van der Waals surface area contributed by atoms with Crippen LogP contribution >= 0.6 is 11.8 Å². The van der Waals surface area contributed by atoms with E-state index in [1.165, 1.54) is 19.3 Å². The van der Waals surface area contributed by atoms with Gasteiger partial charge in [0, 0.05) is 17.3 Å². The molecule has 0 amide bonds. The molecule has 1 N–H and O–H groups in total. The molecule has 2 heteroatoms. The van der Waals surface area contributed by atoms with Crippen molar-refractivity contribution in [3.05, 3.63) is 0 Å². The van der Waals surface area contributed by atoms with Crippen LogP contribution in [0.2, 0.25) is 0 Å². The highest BCUT2D eigenvalue weighted by molar-refractivity contribution is 8.00. The van der Waals surface area contributed by atoms with Gasteiger partial charge < -0.3 is 5.32 Å². The van der Waals surface area contributed by atoms with Crippen LogP contribution in [0.25, 0.3) is 0 Å². The van der Waals surface area contributed by atoms with Crippen LogP contribution in [0.1, 0.15) is 53.9 Å². The predicted molar refractivity (Wildman–Crippen MR) is 73.7 cm³/mol. The molecule has 15 heavy (non-hydrogen) atoms.